The number of nitrogens with two attached hydrogens (primary N) is 1. The summed E-state index contributed by atoms with van der Waals surface area (Å²) < 4.78 is 6.20. The molecule has 3 N–H and O–H groups in total. The number of aromatic nitrogens is 3. The molecule has 0 saturated heterocycles. The molecule has 0 bridgehead atoms. The van der Waals surface area contributed by atoms with Crippen LogP contribution in [0.5, 0.6) is 0 Å². The molecular weight excluding hydrogens is 306 g/mol. The van der Waals surface area contributed by atoms with E-state index in [1.165, 1.54) is 0 Å². The summed E-state index contributed by atoms with van der Waals surface area (Å²) in [5, 5.41) is 4.60. The van der Waals surface area contributed by atoms with E-state index in [0.29, 0.717) is 22.8 Å². The Labute approximate surface area is 110 Å². The molecule has 17 heavy (non-hydrogen) atoms. The van der Waals surface area contributed by atoms with Crippen molar-refractivity contribution in [2.45, 2.75) is 13.5 Å². The van der Waals surface area contributed by atoms with Crippen LogP contribution in [0.25, 0.3) is 0 Å². The van der Waals surface area contributed by atoms with Crippen LogP contribution in [0.2, 0.25) is 0 Å². The van der Waals surface area contributed by atoms with E-state index in [4.69, 9.17) is 5.84 Å². The third kappa shape index (κ3) is 2.54. The van der Waals surface area contributed by atoms with Gasteiger partial charge in [-0.15, -0.1) is 5.10 Å². The molecule has 2 rings (SSSR count). The van der Waals surface area contributed by atoms with E-state index in [1.54, 1.807) is 23.8 Å². The minimum absolute atomic E-state index is 0.0517. The van der Waals surface area contributed by atoms with E-state index in [2.05, 4.69) is 30.9 Å². The van der Waals surface area contributed by atoms with E-state index >= 15 is 0 Å². The number of hydrazine groups is 1. The van der Waals surface area contributed by atoms with Crippen molar-refractivity contribution < 1.29 is 0 Å². The Hall–Kier alpha value is -1.25. The van der Waals surface area contributed by atoms with Crippen LogP contribution in [0, 0.1) is 6.92 Å². The van der Waals surface area contributed by atoms with E-state index < -0.39 is 0 Å². The fourth-order valence-electron chi connectivity index (χ4n) is 1.44. The minimum atomic E-state index is -0.0517. The lowest BCUT2D eigenvalue weighted by Crippen LogP contribution is -2.23. The van der Waals surface area contributed by atoms with Gasteiger partial charge >= 0.3 is 0 Å². The summed E-state index contributed by atoms with van der Waals surface area (Å²) in [6, 6.07) is 1.78. The normalized spacial score (nSPS) is 10.5. The highest BCUT2D eigenvalue weighted by atomic mass is 79.9. The van der Waals surface area contributed by atoms with Crippen molar-refractivity contribution in [3.8, 4) is 0 Å². The summed E-state index contributed by atoms with van der Waals surface area (Å²) in [6.45, 7) is 2.11. The largest absolute Gasteiger partial charge is 0.313 e. The van der Waals surface area contributed by atoms with Crippen LogP contribution in [-0.2, 0) is 6.54 Å². The Balaban J connectivity index is 2.40. The van der Waals surface area contributed by atoms with Crippen LogP contribution in [0.1, 0.15) is 11.3 Å². The predicted molar refractivity (Wildman–Crippen MR) is 70.0 cm³/mol. The molecule has 2 heterocycles. The van der Waals surface area contributed by atoms with Crippen molar-refractivity contribution in [3.63, 3.8) is 0 Å². The topological polar surface area (TPSA) is 85.8 Å². The first-order valence-corrected chi connectivity index (χ1v) is 6.33. The molecule has 0 fully saturated rings. The Bertz CT molecular complexity index is 593. The van der Waals surface area contributed by atoms with Gasteiger partial charge in [-0.3, -0.25) is 4.79 Å². The Kier molecular flexibility index (Phi) is 3.55. The lowest BCUT2D eigenvalue weighted by molar-refractivity contribution is 0.727. The molecule has 0 amide bonds. The summed E-state index contributed by atoms with van der Waals surface area (Å²) >= 11 is 4.51. The van der Waals surface area contributed by atoms with Gasteiger partial charge in [-0.1, -0.05) is 4.49 Å². The average Bonchev–Trinajstić information content (AvgIpc) is 2.72. The van der Waals surface area contributed by atoms with Gasteiger partial charge in [0, 0.05) is 27.8 Å². The second-order valence-electron chi connectivity index (χ2n) is 3.47. The first-order valence-electron chi connectivity index (χ1n) is 4.76. The average molecular weight is 316 g/mol. The first kappa shape index (κ1) is 12.2. The molecule has 0 radical (unpaired) electrons. The Morgan fingerprint density at radius 2 is 2.41 bits per heavy atom. The number of anilines is 1. The van der Waals surface area contributed by atoms with Gasteiger partial charge in [0.15, 0.2) is 0 Å². The summed E-state index contributed by atoms with van der Waals surface area (Å²) in [4.78, 5) is 11.9. The van der Waals surface area contributed by atoms with Crippen molar-refractivity contribution >= 4 is 32.5 Å². The van der Waals surface area contributed by atoms with Crippen molar-refractivity contribution in [1.82, 2.24) is 14.2 Å². The number of nitrogen functional groups attached to an aromatic ring is 1. The molecule has 8 heteroatoms. The fourth-order valence-corrected chi connectivity index (χ4v) is 2.52. The highest BCUT2D eigenvalue weighted by Gasteiger charge is 2.09. The maximum absolute atomic E-state index is 11.9. The van der Waals surface area contributed by atoms with Gasteiger partial charge in [-0.2, -0.15) is 0 Å². The second-order valence-corrected chi connectivity index (χ2v) is 5.14. The van der Waals surface area contributed by atoms with E-state index in [1.807, 2.05) is 0 Å². The number of rotatable bonds is 3. The standard InChI is InChI=1S/C9H10BrN5OS/c1-5-2-6(10)3-15(9(5)16)4-7-8(12-11)17-14-13-7/h2-3,12H,4,11H2,1H3. The van der Waals surface area contributed by atoms with E-state index in [0.717, 1.165) is 16.0 Å². The predicted octanol–water partition coefficient (Wildman–Crippen LogP) is 1.10. The summed E-state index contributed by atoms with van der Waals surface area (Å²) in [5.41, 5.74) is 3.78. The molecule has 0 unspecified atom stereocenters. The summed E-state index contributed by atoms with van der Waals surface area (Å²) in [7, 11) is 0. The summed E-state index contributed by atoms with van der Waals surface area (Å²) in [6.07, 6.45) is 1.72. The maximum atomic E-state index is 11.9. The number of hydrogen-bond donors (Lipinski definition) is 2. The number of halogens is 1. The van der Waals surface area contributed by atoms with Crippen LogP contribution in [-0.4, -0.2) is 14.2 Å². The smallest absolute Gasteiger partial charge is 0.253 e. The SMILES string of the molecule is Cc1cc(Br)cn(Cc2nnsc2NN)c1=O. The zero-order valence-corrected chi connectivity index (χ0v) is 11.4. The molecule has 2 aromatic heterocycles. The molecule has 0 atom stereocenters. The molecule has 0 aliphatic heterocycles. The van der Waals surface area contributed by atoms with Crippen molar-refractivity contribution in [1.29, 1.82) is 0 Å². The number of nitrogens with one attached hydrogen (secondary N) is 1. The molecule has 0 aliphatic rings. The minimum Gasteiger partial charge on any atom is -0.313 e. The lowest BCUT2D eigenvalue weighted by Gasteiger charge is -2.06. The van der Waals surface area contributed by atoms with Crippen molar-refractivity contribution in [3.05, 3.63) is 38.3 Å². The Morgan fingerprint density at radius 1 is 1.65 bits per heavy atom. The maximum Gasteiger partial charge on any atom is 0.253 e. The molecule has 90 valence electrons. The third-order valence-electron chi connectivity index (χ3n) is 2.24. The zero-order valence-electron chi connectivity index (χ0n) is 8.98. The molecule has 0 aromatic carbocycles. The van der Waals surface area contributed by atoms with Crippen LogP contribution in [0.3, 0.4) is 0 Å². The van der Waals surface area contributed by atoms with Crippen LogP contribution in [0.4, 0.5) is 5.00 Å². The van der Waals surface area contributed by atoms with Gasteiger partial charge in [0.05, 0.1) is 6.54 Å². The number of hydrogen-bond acceptors (Lipinski definition) is 6. The van der Waals surface area contributed by atoms with Crippen LogP contribution >= 0.6 is 27.5 Å². The Morgan fingerprint density at radius 3 is 3.12 bits per heavy atom. The van der Waals surface area contributed by atoms with Gasteiger partial charge in [0.2, 0.25) is 0 Å². The highest BCUT2D eigenvalue weighted by molar-refractivity contribution is 9.10. The molecular formula is C9H10BrN5OS. The van der Waals surface area contributed by atoms with Gasteiger partial charge in [0.25, 0.3) is 5.56 Å². The number of pyridine rings is 1. The van der Waals surface area contributed by atoms with Crippen molar-refractivity contribution in [2.24, 2.45) is 5.84 Å². The van der Waals surface area contributed by atoms with E-state index in [9.17, 15) is 4.79 Å². The van der Waals surface area contributed by atoms with Crippen LogP contribution < -0.4 is 16.8 Å². The molecule has 0 spiro atoms. The monoisotopic (exact) mass is 315 g/mol. The second kappa shape index (κ2) is 4.94. The van der Waals surface area contributed by atoms with Gasteiger partial charge < -0.3 is 9.99 Å². The van der Waals surface area contributed by atoms with Gasteiger partial charge in [-0.25, -0.2) is 5.84 Å². The van der Waals surface area contributed by atoms with Crippen molar-refractivity contribution in [2.75, 3.05) is 5.43 Å². The molecule has 2 aromatic rings. The lowest BCUT2D eigenvalue weighted by atomic mass is 10.3. The first-order chi connectivity index (χ1) is 8.11. The molecule has 0 saturated carbocycles. The molecule has 0 aliphatic carbocycles. The van der Waals surface area contributed by atoms with Gasteiger partial charge in [0.1, 0.15) is 10.7 Å². The van der Waals surface area contributed by atoms with E-state index in [-0.39, 0.29) is 5.56 Å². The highest BCUT2D eigenvalue weighted by Crippen LogP contribution is 2.17. The molecule has 6 nitrogen and oxygen atoms in total. The fraction of sp³-hybridized carbons (Fsp3) is 0.222. The number of aryl methyl sites for hydroxylation is 1. The van der Waals surface area contributed by atoms with Crippen LogP contribution in [0.15, 0.2) is 21.5 Å². The quantitative estimate of drug-likeness (QED) is 0.654. The van der Waals surface area contributed by atoms with Gasteiger partial charge in [-0.05, 0) is 28.9 Å². The zero-order chi connectivity index (χ0) is 12.4. The third-order valence-corrected chi connectivity index (χ3v) is 3.37. The number of nitrogens with zero attached hydrogens (tertiary/aromatic N) is 3. The summed E-state index contributed by atoms with van der Waals surface area (Å²) in [5.74, 6) is 5.33.